The van der Waals surface area contributed by atoms with Crippen molar-refractivity contribution in [1.82, 2.24) is 10.3 Å². The van der Waals surface area contributed by atoms with Crippen LogP contribution in [0.25, 0.3) is 11.1 Å². The normalized spacial score (nSPS) is 11.6. The topological polar surface area (TPSA) is 137 Å². The Kier molecular flexibility index (Phi) is 12.8. The van der Waals surface area contributed by atoms with Crippen LogP contribution in [-0.4, -0.2) is 52.8 Å². The molecular weight excluding hydrogens is 617 g/mol. The van der Waals surface area contributed by atoms with Gasteiger partial charge in [0.2, 0.25) is 0 Å². The summed E-state index contributed by atoms with van der Waals surface area (Å²) in [6.07, 6.45) is 2.72. The lowest BCUT2D eigenvalue weighted by Crippen LogP contribution is -2.29. The van der Waals surface area contributed by atoms with Gasteiger partial charge in [0.25, 0.3) is 0 Å². The quantitative estimate of drug-likeness (QED) is 0.114. The first-order valence-corrected chi connectivity index (χ1v) is 15.1. The number of halogens is 2. The first-order chi connectivity index (χ1) is 21.8. The Morgan fingerprint density at radius 2 is 1.69 bits per heavy atom. The van der Waals surface area contributed by atoms with E-state index in [2.05, 4.69) is 16.4 Å². The number of aromatic nitrogens is 1. The average Bonchev–Trinajstić information content (AvgIpc) is 3.05. The van der Waals surface area contributed by atoms with Gasteiger partial charge in [-0.15, -0.1) is 0 Å². The number of benzene rings is 3. The van der Waals surface area contributed by atoms with E-state index in [-0.39, 0.29) is 33.0 Å². The summed E-state index contributed by atoms with van der Waals surface area (Å²) in [6, 6.07) is 18.7. The summed E-state index contributed by atoms with van der Waals surface area (Å²) in [5.41, 5.74) is 5.53. The predicted octanol–water partition coefficient (Wildman–Crippen LogP) is 5.60. The molecule has 1 heterocycles. The summed E-state index contributed by atoms with van der Waals surface area (Å²) >= 11 is 13.4. The van der Waals surface area contributed by atoms with Crippen LogP contribution in [0.1, 0.15) is 34.2 Å². The number of nitrogens with zero attached hydrogens (tertiary/aromatic N) is 2. The van der Waals surface area contributed by atoms with Crippen molar-refractivity contribution >= 4 is 23.2 Å². The predicted molar refractivity (Wildman–Crippen MR) is 173 cm³/mol. The Hall–Kier alpha value is -3.88. The molecule has 4 rings (SSSR count). The molecule has 0 bridgehead atoms. The minimum atomic E-state index is -0.901. The molecule has 0 aliphatic carbocycles. The fraction of sp³-hybridized carbons (Fsp3) is 0.294. The van der Waals surface area contributed by atoms with E-state index in [1.807, 2.05) is 37.3 Å². The second-order valence-corrected chi connectivity index (χ2v) is 11.0. The maximum Gasteiger partial charge on any atom is 0.142 e. The van der Waals surface area contributed by atoms with Crippen LogP contribution in [0.2, 0.25) is 10.0 Å². The average molecular weight is 653 g/mol. The third-order valence-corrected chi connectivity index (χ3v) is 7.67. The van der Waals surface area contributed by atoms with Crippen molar-refractivity contribution in [3.63, 3.8) is 0 Å². The van der Waals surface area contributed by atoms with Gasteiger partial charge in [-0.25, -0.2) is 0 Å². The molecule has 0 saturated carbocycles. The van der Waals surface area contributed by atoms with Gasteiger partial charge in [-0.2, -0.15) is 5.26 Å². The van der Waals surface area contributed by atoms with Crippen molar-refractivity contribution < 1.29 is 29.5 Å². The molecule has 0 aliphatic heterocycles. The Morgan fingerprint density at radius 3 is 2.47 bits per heavy atom. The van der Waals surface area contributed by atoms with Gasteiger partial charge in [0.05, 0.1) is 34.9 Å². The Balaban J connectivity index is 1.55. The summed E-state index contributed by atoms with van der Waals surface area (Å²) in [5, 5.41) is 41.1. The van der Waals surface area contributed by atoms with Crippen molar-refractivity contribution in [2.75, 3.05) is 26.4 Å². The Bertz CT molecular complexity index is 1630. The second-order valence-electron chi connectivity index (χ2n) is 10.3. The smallest absolute Gasteiger partial charge is 0.142 e. The van der Waals surface area contributed by atoms with E-state index in [0.29, 0.717) is 52.4 Å². The summed E-state index contributed by atoms with van der Waals surface area (Å²) < 4.78 is 18.1. The van der Waals surface area contributed by atoms with Crippen LogP contribution < -0.4 is 19.5 Å². The van der Waals surface area contributed by atoms with Crippen molar-refractivity contribution in [1.29, 1.82) is 5.26 Å². The lowest BCUT2D eigenvalue weighted by Gasteiger charge is -2.18. The molecule has 0 amide bonds. The first-order valence-electron chi connectivity index (χ1n) is 14.4. The lowest BCUT2D eigenvalue weighted by atomic mass is 9.96. The molecule has 4 aromatic rings. The molecule has 0 spiro atoms. The van der Waals surface area contributed by atoms with Gasteiger partial charge in [-0.1, -0.05) is 53.5 Å². The summed E-state index contributed by atoms with van der Waals surface area (Å²) in [4.78, 5) is 4.09. The molecule has 0 saturated heterocycles. The highest BCUT2D eigenvalue weighted by Crippen LogP contribution is 2.38. The van der Waals surface area contributed by atoms with E-state index in [1.165, 1.54) is 6.20 Å². The standard InChI is InChI=1S/C34H35Cl2N3O6/c1-22-25(5-2-6-28(22)29-7-3-8-31(34(29)36)43-10-4-9-40)21-45-33-13-32(44-20-24-11-23(14-37)15-38-16-24)26(12-30(33)35)17-39-18-27(42)19-41/h2-3,5-8,11-13,15-16,27,39-42H,4,9-10,17-21H2,1H3/t27-/m1/s1. The first kappa shape index (κ1) is 34.0. The molecule has 45 heavy (non-hydrogen) atoms. The molecule has 9 nitrogen and oxygen atoms in total. The summed E-state index contributed by atoms with van der Waals surface area (Å²) in [6.45, 7) is 2.91. The number of rotatable bonds is 16. The molecule has 0 aliphatic rings. The number of nitrogens with one attached hydrogen (secondary N) is 1. The van der Waals surface area contributed by atoms with Crippen LogP contribution in [0.5, 0.6) is 17.2 Å². The van der Waals surface area contributed by atoms with Crippen molar-refractivity contribution in [2.24, 2.45) is 0 Å². The summed E-state index contributed by atoms with van der Waals surface area (Å²) in [5.74, 6) is 1.47. The monoisotopic (exact) mass is 651 g/mol. The van der Waals surface area contributed by atoms with Crippen LogP contribution >= 0.6 is 23.2 Å². The molecule has 11 heteroatoms. The molecule has 3 aromatic carbocycles. The summed E-state index contributed by atoms with van der Waals surface area (Å²) in [7, 11) is 0. The van der Waals surface area contributed by atoms with Crippen LogP contribution in [-0.2, 0) is 19.8 Å². The molecule has 0 fully saturated rings. The van der Waals surface area contributed by atoms with Gasteiger partial charge in [-0.05, 0) is 41.8 Å². The number of hydrogen-bond acceptors (Lipinski definition) is 9. The zero-order valence-corrected chi connectivity index (χ0v) is 26.3. The molecule has 4 N–H and O–H groups in total. The van der Waals surface area contributed by atoms with E-state index in [9.17, 15) is 10.4 Å². The molecular formula is C34H35Cl2N3O6. The van der Waals surface area contributed by atoms with Crippen molar-refractivity contribution in [3.8, 4) is 34.4 Å². The minimum Gasteiger partial charge on any atom is -0.492 e. The molecule has 0 unspecified atom stereocenters. The number of ether oxygens (including phenoxy) is 3. The van der Waals surface area contributed by atoms with Crippen LogP contribution in [0.15, 0.2) is 67.0 Å². The van der Waals surface area contributed by atoms with Crippen molar-refractivity contribution in [3.05, 3.63) is 105 Å². The van der Waals surface area contributed by atoms with E-state index < -0.39 is 6.10 Å². The van der Waals surface area contributed by atoms with Gasteiger partial charge in [0.1, 0.15) is 36.5 Å². The van der Waals surface area contributed by atoms with Crippen LogP contribution in [0.4, 0.5) is 0 Å². The second kappa shape index (κ2) is 17.0. The third kappa shape index (κ3) is 9.31. The number of aliphatic hydroxyl groups is 3. The number of nitriles is 1. The highest BCUT2D eigenvalue weighted by Gasteiger charge is 2.16. The zero-order valence-electron chi connectivity index (χ0n) is 24.8. The number of aliphatic hydroxyl groups excluding tert-OH is 3. The fourth-order valence-electron chi connectivity index (χ4n) is 4.55. The highest BCUT2D eigenvalue weighted by molar-refractivity contribution is 6.35. The molecule has 0 radical (unpaired) electrons. The van der Waals surface area contributed by atoms with Gasteiger partial charge in [0.15, 0.2) is 0 Å². The fourth-order valence-corrected chi connectivity index (χ4v) is 5.07. The van der Waals surface area contributed by atoms with Crippen LogP contribution in [0, 0.1) is 18.3 Å². The zero-order chi connectivity index (χ0) is 32.2. The Labute approximate surface area is 272 Å². The minimum absolute atomic E-state index is 0.0398. The van der Waals surface area contributed by atoms with Gasteiger partial charge in [-0.3, -0.25) is 4.98 Å². The van der Waals surface area contributed by atoms with Crippen LogP contribution in [0.3, 0.4) is 0 Å². The van der Waals surface area contributed by atoms with Gasteiger partial charge < -0.3 is 34.8 Å². The molecule has 1 aromatic heterocycles. The number of pyridine rings is 1. The lowest BCUT2D eigenvalue weighted by molar-refractivity contribution is 0.0941. The SMILES string of the molecule is Cc1c(COc2cc(OCc3cncc(C#N)c3)c(CNC[C@@H](O)CO)cc2Cl)cccc1-c1cccc(OCCCO)c1Cl. The van der Waals surface area contributed by atoms with E-state index in [4.69, 9.17) is 47.6 Å². The third-order valence-electron chi connectivity index (χ3n) is 6.98. The van der Waals surface area contributed by atoms with Gasteiger partial charge >= 0.3 is 0 Å². The molecule has 1 atom stereocenters. The maximum atomic E-state index is 9.73. The Morgan fingerprint density at radius 1 is 0.911 bits per heavy atom. The van der Waals surface area contributed by atoms with E-state index >= 15 is 0 Å². The van der Waals surface area contributed by atoms with E-state index in [1.54, 1.807) is 30.5 Å². The maximum absolute atomic E-state index is 9.73. The van der Waals surface area contributed by atoms with E-state index in [0.717, 1.165) is 33.4 Å². The largest absolute Gasteiger partial charge is 0.492 e. The number of hydrogen-bond donors (Lipinski definition) is 4. The van der Waals surface area contributed by atoms with Crippen molar-refractivity contribution in [2.45, 2.75) is 39.2 Å². The highest BCUT2D eigenvalue weighted by atomic mass is 35.5. The molecule has 236 valence electrons. The van der Waals surface area contributed by atoms with Gasteiger partial charge in [0, 0.05) is 61.3 Å².